The zero-order valence-electron chi connectivity index (χ0n) is 13.9. The van der Waals surface area contributed by atoms with Crippen molar-refractivity contribution in [1.82, 2.24) is 14.9 Å². The number of likely N-dealkylation sites (N-methyl/N-ethyl adjacent to an activating group) is 1. The lowest BCUT2D eigenvalue weighted by molar-refractivity contribution is -0.131. The Morgan fingerprint density at radius 1 is 1.04 bits per heavy atom. The van der Waals surface area contributed by atoms with Crippen molar-refractivity contribution in [3.63, 3.8) is 0 Å². The third-order valence-corrected chi connectivity index (χ3v) is 5.66. The Labute approximate surface area is 142 Å². The largest absolute Gasteiger partial charge is 0.341 e. The summed E-state index contributed by atoms with van der Waals surface area (Å²) >= 11 is 0. The monoisotopic (exact) mass is 322 g/mol. The molecule has 1 atom stereocenters. The van der Waals surface area contributed by atoms with Crippen molar-refractivity contribution in [1.29, 1.82) is 0 Å². The molecule has 0 aliphatic carbocycles. The fraction of sp³-hybridized carbons (Fsp3) is 0.421. The van der Waals surface area contributed by atoms with E-state index in [1.54, 1.807) is 12.4 Å². The quantitative estimate of drug-likeness (QED) is 0.852. The van der Waals surface area contributed by atoms with Gasteiger partial charge in [0, 0.05) is 38.1 Å². The standard InChI is InChI=1S/C19H22N4O/c1-22-17(24)16(15-6-3-2-4-7-15)14-19(22)8-12-23(13-9-19)18-20-10-5-11-21-18/h2-7,10-11,16H,8-9,12-14H2,1H3/t16-/m0/s1. The van der Waals surface area contributed by atoms with E-state index in [1.165, 1.54) is 0 Å². The molecule has 124 valence electrons. The van der Waals surface area contributed by atoms with Crippen LogP contribution in [0.2, 0.25) is 0 Å². The van der Waals surface area contributed by atoms with Gasteiger partial charge in [0.2, 0.25) is 11.9 Å². The molecule has 24 heavy (non-hydrogen) atoms. The second kappa shape index (κ2) is 5.89. The molecule has 4 rings (SSSR count). The van der Waals surface area contributed by atoms with E-state index < -0.39 is 0 Å². The molecule has 1 spiro atoms. The molecule has 5 nitrogen and oxygen atoms in total. The van der Waals surface area contributed by atoms with Gasteiger partial charge in [-0.1, -0.05) is 30.3 Å². The van der Waals surface area contributed by atoms with Gasteiger partial charge in [-0.3, -0.25) is 4.79 Å². The Morgan fingerprint density at radius 3 is 2.38 bits per heavy atom. The normalized spacial score (nSPS) is 23.0. The summed E-state index contributed by atoms with van der Waals surface area (Å²) in [7, 11) is 1.97. The average molecular weight is 322 g/mol. The van der Waals surface area contributed by atoms with Crippen LogP contribution in [0.3, 0.4) is 0 Å². The van der Waals surface area contributed by atoms with E-state index in [0.717, 1.165) is 43.9 Å². The number of rotatable bonds is 2. The Morgan fingerprint density at radius 2 is 1.71 bits per heavy atom. The first-order valence-electron chi connectivity index (χ1n) is 8.54. The lowest BCUT2D eigenvalue weighted by atomic mass is 9.81. The van der Waals surface area contributed by atoms with Crippen LogP contribution in [-0.2, 0) is 4.79 Å². The summed E-state index contributed by atoms with van der Waals surface area (Å²) in [6.45, 7) is 1.78. The summed E-state index contributed by atoms with van der Waals surface area (Å²) in [5.41, 5.74) is 1.11. The van der Waals surface area contributed by atoms with Gasteiger partial charge in [-0.15, -0.1) is 0 Å². The third-order valence-electron chi connectivity index (χ3n) is 5.66. The molecule has 2 saturated heterocycles. The zero-order valence-corrected chi connectivity index (χ0v) is 13.9. The van der Waals surface area contributed by atoms with Crippen molar-refractivity contribution in [2.24, 2.45) is 0 Å². The second-order valence-corrected chi connectivity index (χ2v) is 6.82. The first kappa shape index (κ1) is 15.1. The van der Waals surface area contributed by atoms with E-state index in [1.807, 2.05) is 36.2 Å². The summed E-state index contributed by atoms with van der Waals surface area (Å²) in [6, 6.07) is 12.0. The molecule has 2 aromatic rings. The van der Waals surface area contributed by atoms with Gasteiger partial charge in [0.25, 0.3) is 0 Å². The lowest BCUT2D eigenvalue weighted by Crippen LogP contribution is -2.52. The summed E-state index contributed by atoms with van der Waals surface area (Å²) in [6.07, 6.45) is 6.41. The SMILES string of the molecule is CN1C(=O)[C@H](c2ccccc2)CC12CCN(c1ncccn1)CC2. The number of hydrogen-bond acceptors (Lipinski definition) is 4. The molecule has 0 saturated carbocycles. The number of aromatic nitrogens is 2. The molecule has 2 aliphatic rings. The minimum Gasteiger partial charge on any atom is -0.341 e. The van der Waals surface area contributed by atoms with Crippen LogP contribution >= 0.6 is 0 Å². The molecular weight excluding hydrogens is 300 g/mol. The predicted molar refractivity (Wildman–Crippen MR) is 92.8 cm³/mol. The molecule has 5 heteroatoms. The van der Waals surface area contributed by atoms with Gasteiger partial charge in [0.05, 0.1) is 5.92 Å². The number of likely N-dealkylation sites (tertiary alicyclic amines) is 1. The van der Waals surface area contributed by atoms with Crippen LogP contribution in [0.4, 0.5) is 5.95 Å². The molecule has 0 bridgehead atoms. The van der Waals surface area contributed by atoms with Gasteiger partial charge in [0.15, 0.2) is 0 Å². The lowest BCUT2D eigenvalue weighted by Gasteiger charge is -2.43. The van der Waals surface area contributed by atoms with Crippen LogP contribution in [0.25, 0.3) is 0 Å². The van der Waals surface area contributed by atoms with Crippen molar-refractivity contribution in [2.75, 3.05) is 25.0 Å². The minimum atomic E-state index is -0.0249. The molecule has 2 aliphatic heterocycles. The van der Waals surface area contributed by atoms with Gasteiger partial charge in [-0.05, 0) is 30.9 Å². The van der Waals surface area contributed by atoms with E-state index in [0.29, 0.717) is 0 Å². The van der Waals surface area contributed by atoms with Crippen molar-refractivity contribution in [3.8, 4) is 0 Å². The highest BCUT2D eigenvalue weighted by molar-refractivity contribution is 5.87. The Bertz CT molecular complexity index is 711. The summed E-state index contributed by atoms with van der Waals surface area (Å²) in [4.78, 5) is 25.7. The fourth-order valence-electron chi connectivity index (χ4n) is 4.13. The maximum Gasteiger partial charge on any atom is 0.230 e. The first-order chi connectivity index (χ1) is 11.7. The molecule has 0 radical (unpaired) electrons. The molecule has 0 N–H and O–H groups in total. The zero-order chi connectivity index (χ0) is 16.6. The third kappa shape index (κ3) is 2.44. The highest BCUT2D eigenvalue weighted by atomic mass is 16.2. The highest BCUT2D eigenvalue weighted by Gasteiger charge is 2.50. The van der Waals surface area contributed by atoms with Gasteiger partial charge in [-0.2, -0.15) is 0 Å². The van der Waals surface area contributed by atoms with Crippen LogP contribution in [0.5, 0.6) is 0 Å². The number of carbonyl (C=O) groups is 1. The van der Waals surface area contributed by atoms with Crippen LogP contribution in [0.1, 0.15) is 30.7 Å². The number of carbonyl (C=O) groups excluding carboxylic acids is 1. The average Bonchev–Trinajstić information content (AvgIpc) is 2.89. The number of nitrogens with zero attached hydrogens (tertiary/aromatic N) is 4. The molecular formula is C19H22N4O. The molecule has 1 aromatic carbocycles. The van der Waals surface area contributed by atoms with E-state index in [4.69, 9.17) is 0 Å². The maximum absolute atomic E-state index is 12.8. The predicted octanol–water partition coefficient (Wildman–Crippen LogP) is 2.46. The van der Waals surface area contributed by atoms with Gasteiger partial charge < -0.3 is 9.80 Å². The van der Waals surface area contributed by atoms with Gasteiger partial charge in [-0.25, -0.2) is 9.97 Å². The number of benzene rings is 1. The van der Waals surface area contributed by atoms with Gasteiger partial charge in [0.1, 0.15) is 0 Å². The Kier molecular flexibility index (Phi) is 3.71. The molecule has 2 fully saturated rings. The van der Waals surface area contributed by atoms with Crippen molar-refractivity contribution < 1.29 is 4.79 Å². The summed E-state index contributed by atoms with van der Waals surface area (Å²) in [5.74, 6) is 1.04. The maximum atomic E-state index is 12.8. The van der Waals surface area contributed by atoms with Crippen molar-refractivity contribution in [3.05, 3.63) is 54.4 Å². The number of piperidine rings is 1. The Balaban J connectivity index is 1.52. The molecule has 1 aromatic heterocycles. The van der Waals surface area contributed by atoms with E-state index in [2.05, 4.69) is 27.0 Å². The Hall–Kier alpha value is -2.43. The fourth-order valence-corrected chi connectivity index (χ4v) is 4.13. The highest BCUT2D eigenvalue weighted by Crippen LogP contribution is 2.45. The van der Waals surface area contributed by atoms with E-state index >= 15 is 0 Å². The topological polar surface area (TPSA) is 49.3 Å². The molecule has 1 amide bonds. The van der Waals surface area contributed by atoms with Gasteiger partial charge >= 0.3 is 0 Å². The van der Waals surface area contributed by atoms with E-state index in [9.17, 15) is 4.79 Å². The van der Waals surface area contributed by atoms with Crippen molar-refractivity contribution in [2.45, 2.75) is 30.7 Å². The summed E-state index contributed by atoms with van der Waals surface area (Å²) < 4.78 is 0. The smallest absolute Gasteiger partial charge is 0.230 e. The van der Waals surface area contributed by atoms with Crippen LogP contribution in [0, 0.1) is 0 Å². The summed E-state index contributed by atoms with van der Waals surface area (Å²) in [5, 5.41) is 0. The van der Waals surface area contributed by atoms with Crippen LogP contribution in [-0.4, -0.2) is 46.5 Å². The van der Waals surface area contributed by atoms with Crippen molar-refractivity contribution >= 4 is 11.9 Å². The molecule has 0 unspecified atom stereocenters. The number of anilines is 1. The van der Waals surface area contributed by atoms with Crippen LogP contribution < -0.4 is 4.90 Å². The number of amides is 1. The van der Waals surface area contributed by atoms with Crippen LogP contribution in [0.15, 0.2) is 48.8 Å². The molecule has 3 heterocycles. The number of hydrogen-bond donors (Lipinski definition) is 0. The first-order valence-corrected chi connectivity index (χ1v) is 8.54. The minimum absolute atomic E-state index is 0.00396. The second-order valence-electron chi connectivity index (χ2n) is 6.82. The van der Waals surface area contributed by atoms with E-state index in [-0.39, 0.29) is 17.4 Å².